The second kappa shape index (κ2) is 8.29. The highest BCUT2D eigenvalue weighted by Gasteiger charge is 2.11. The summed E-state index contributed by atoms with van der Waals surface area (Å²) < 4.78 is 5.20. The molecule has 0 unspecified atom stereocenters. The Hall–Kier alpha value is -3.44. The summed E-state index contributed by atoms with van der Waals surface area (Å²) in [5.41, 5.74) is 5.30. The molecule has 4 aromatic rings. The van der Waals surface area contributed by atoms with Gasteiger partial charge in [0.05, 0.1) is 12.8 Å². The van der Waals surface area contributed by atoms with E-state index < -0.39 is 0 Å². The first-order valence-corrected chi connectivity index (χ1v) is 10.1. The number of hydrogen-bond donors (Lipinski definition) is 1. The molecule has 0 fully saturated rings. The summed E-state index contributed by atoms with van der Waals surface area (Å²) in [7, 11) is 1.61. The second-order valence-electron chi connectivity index (χ2n) is 6.62. The van der Waals surface area contributed by atoms with Gasteiger partial charge in [0.2, 0.25) is 0 Å². The maximum atomic E-state index is 12.6. The lowest BCUT2D eigenvalue weighted by Gasteiger charge is -2.09. The van der Waals surface area contributed by atoms with Crippen LogP contribution in [0.25, 0.3) is 21.8 Å². The summed E-state index contributed by atoms with van der Waals surface area (Å²) in [4.78, 5) is 17.3. The Labute approximate surface area is 173 Å². The first kappa shape index (κ1) is 18.9. The maximum Gasteiger partial charge on any atom is 0.255 e. The average molecular weight is 401 g/mol. The summed E-state index contributed by atoms with van der Waals surface area (Å²) in [6, 6.07) is 23.3. The quantitative estimate of drug-likeness (QED) is 0.444. The van der Waals surface area contributed by atoms with Crippen LogP contribution < -0.4 is 10.1 Å². The van der Waals surface area contributed by atoms with Crippen molar-refractivity contribution in [3.63, 3.8) is 0 Å². The summed E-state index contributed by atoms with van der Waals surface area (Å²) in [5, 5.41) is 5.99. The second-order valence-corrected chi connectivity index (χ2v) is 7.47. The van der Waals surface area contributed by atoms with Gasteiger partial charge in [0.1, 0.15) is 10.8 Å². The van der Waals surface area contributed by atoms with Gasteiger partial charge in [0.25, 0.3) is 5.91 Å². The topological polar surface area (TPSA) is 51.2 Å². The van der Waals surface area contributed by atoms with E-state index >= 15 is 0 Å². The number of nitrogens with zero attached hydrogens (tertiary/aromatic N) is 1. The number of thiazole rings is 1. The fourth-order valence-electron chi connectivity index (χ4n) is 3.06. The highest BCUT2D eigenvalue weighted by atomic mass is 32.1. The number of methoxy groups -OCH3 is 1. The Morgan fingerprint density at radius 1 is 0.966 bits per heavy atom. The molecule has 1 aromatic heterocycles. The lowest BCUT2D eigenvalue weighted by atomic mass is 10.1. The Morgan fingerprint density at radius 3 is 2.41 bits per heavy atom. The number of aromatic nitrogens is 1. The molecule has 0 spiro atoms. The van der Waals surface area contributed by atoms with E-state index in [-0.39, 0.29) is 5.91 Å². The van der Waals surface area contributed by atoms with E-state index in [1.165, 1.54) is 0 Å². The van der Waals surface area contributed by atoms with Crippen molar-refractivity contribution in [3.8, 4) is 27.6 Å². The van der Waals surface area contributed by atoms with Gasteiger partial charge in [-0.1, -0.05) is 42.5 Å². The van der Waals surface area contributed by atoms with E-state index in [0.29, 0.717) is 5.56 Å². The van der Waals surface area contributed by atoms with Gasteiger partial charge in [-0.05, 0) is 42.8 Å². The van der Waals surface area contributed by atoms with Crippen LogP contribution in [-0.2, 0) is 0 Å². The molecule has 29 heavy (non-hydrogen) atoms. The molecule has 0 saturated heterocycles. The van der Waals surface area contributed by atoms with Crippen LogP contribution in [0.15, 0.2) is 78.2 Å². The number of aryl methyl sites for hydroxylation is 1. The maximum absolute atomic E-state index is 12.6. The van der Waals surface area contributed by atoms with Crippen molar-refractivity contribution < 1.29 is 9.53 Å². The standard InChI is InChI=1S/C24H20N2O2S/c1-16-14-20(28-2)12-13-21(16)23(27)25-19-10-8-17(9-11-19)22-15-29-24(26-22)18-6-4-3-5-7-18/h3-15H,1-2H3,(H,25,27). The molecule has 0 aliphatic rings. The number of carbonyl (C=O) groups is 1. The first-order chi connectivity index (χ1) is 14.1. The smallest absolute Gasteiger partial charge is 0.255 e. The molecule has 0 saturated carbocycles. The van der Waals surface area contributed by atoms with Gasteiger partial charge < -0.3 is 10.1 Å². The number of benzene rings is 3. The minimum Gasteiger partial charge on any atom is -0.497 e. The number of ether oxygens (including phenoxy) is 1. The van der Waals surface area contributed by atoms with E-state index in [0.717, 1.165) is 38.8 Å². The van der Waals surface area contributed by atoms with Crippen LogP contribution >= 0.6 is 11.3 Å². The van der Waals surface area contributed by atoms with Gasteiger partial charge in [-0.2, -0.15) is 0 Å². The Kier molecular flexibility index (Phi) is 5.40. The third-order valence-corrected chi connectivity index (χ3v) is 5.53. The molecule has 1 heterocycles. The van der Waals surface area contributed by atoms with Gasteiger partial charge in [-0.3, -0.25) is 4.79 Å². The molecule has 1 amide bonds. The predicted molar refractivity (Wildman–Crippen MR) is 119 cm³/mol. The fraction of sp³-hybridized carbons (Fsp3) is 0.0833. The third kappa shape index (κ3) is 4.20. The molecule has 4 nitrogen and oxygen atoms in total. The Morgan fingerprint density at radius 2 is 1.72 bits per heavy atom. The zero-order valence-corrected chi connectivity index (χ0v) is 17.0. The summed E-state index contributed by atoms with van der Waals surface area (Å²) in [5.74, 6) is 0.597. The van der Waals surface area contributed by atoms with Crippen molar-refractivity contribution >= 4 is 22.9 Å². The van der Waals surface area contributed by atoms with Crippen molar-refractivity contribution in [2.75, 3.05) is 12.4 Å². The lowest BCUT2D eigenvalue weighted by Crippen LogP contribution is -2.13. The summed E-state index contributed by atoms with van der Waals surface area (Å²) >= 11 is 1.62. The van der Waals surface area contributed by atoms with Gasteiger partial charge in [0.15, 0.2) is 0 Å². The molecule has 3 aromatic carbocycles. The van der Waals surface area contributed by atoms with Crippen LogP contribution in [0.3, 0.4) is 0 Å². The molecular weight excluding hydrogens is 380 g/mol. The van der Waals surface area contributed by atoms with E-state index in [9.17, 15) is 4.79 Å². The van der Waals surface area contributed by atoms with Crippen molar-refractivity contribution in [2.45, 2.75) is 6.92 Å². The van der Waals surface area contributed by atoms with Crippen LogP contribution in [0.2, 0.25) is 0 Å². The Bertz CT molecular complexity index is 1140. The van der Waals surface area contributed by atoms with E-state index in [1.807, 2.05) is 55.5 Å². The average Bonchev–Trinajstić information content (AvgIpc) is 3.25. The number of amides is 1. The van der Waals surface area contributed by atoms with Gasteiger partial charge >= 0.3 is 0 Å². The summed E-state index contributed by atoms with van der Waals surface area (Å²) in [6.45, 7) is 1.90. The molecule has 4 rings (SSSR count). The van der Waals surface area contributed by atoms with E-state index in [1.54, 1.807) is 30.6 Å². The number of hydrogen-bond acceptors (Lipinski definition) is 4. The molecule has 1 N–H and O–H groups in total. The summed E-state index contributed by atoms with van der Waals surface area (Å²) in [6.07, 6.45) is 0. The van der Waals surface area contributed by atoms with Crippen LogP contribution in [0, 0.1) is 6.92 Å². The largest absolute Gasteiger partial charge is 0.497 e. The SMILES string of the molecule is COc1ccc(C(=O)Nc2ccc(-c3csc(-c4ccccc4)n3)cc2)c(C)c1. The molecule has 144 valence electrons. The normalized spacial score (nSPS) is 10.6. The highest BCUT2D eigenvalue weighted by molar-refractivity contribution is 7.13. The lowest BCUT2D eigenvalue weighted by molar-refractivity contribution is 0.102. The van der Waals surface area contributed by atoms with Gasteiger partial charge in [-0.25, -0.2) is 4.98 Å². The molecular formula is C24H20N2O2S. The van der Waals surface area contributed by atoms with Crippen molar-refractivity contribution in [1.29, 1.82) is 0 Å². The molecule has 0 atom stereocenters. The predicted octanol–water partition coefficient (Wildman–Crippen LogP) is 6.05. The van der Waals surface area contributed by atoms with Crippen LogP contribution in [-0.4, -0.2) is 18.0 Å². The van der Waals surface area contributed by atoms with Crippen molar-refractivity contribution in [3.05, 3.63) is 89.3 Å². The van der Waals surface area contributed by atoms with Crippen LogP contribution in [0.5, 0.6) is 5.75 Å². The van der Waals surface area contributed by atoms with Crippen molar-refractivity contribution in [1.82, 2.24) is 4.98 Å². The van der Waals surface area contributed by atoms with E-state index in [4.69, 9.17) is 9.72 Å². The zero-order valence-electron chi connectivity index (χ0n) is 16.2. The monoisotopic (exact) mass is 400 g/mol. The minimum absolute atomic E-state index is 0.141. The number of rotatable bonds is 5. The number of carbonyl (C=O) groups excluding carboxylic acids is 1. The number of anilines is 1. The highest BCUT2D eigenvalue weighted by Crippen LogP contribution is 2.29. The molecule has 0 bridgehead atoms. The Balaban J connectivity index is 1.48. The minimum atomic E-state index is -0.141. The molecule has 0 aliphatic carbocycles. The third-order valence-electron chi connectivity index (χ3n) is 4.64. The van der Waals surface area contributed by atoms with Gasteiger partial charge in [0, 0.05) is 27.8 Å². The number of nitrogens with one attached hydrogen (secondary N) is 1. The van der Waals surface area contributed by atoms with Crippen molar-refractivity contribution in [2.24, 2.45) is 0 Å². The zero-order chi connectivity index (χ0) is 20.2. The van der Waals surface area contributed by atoms with Crippen LogP contribution in [0.1, 0.15) is 15.9 Å². The molecule has 5 heteroatoms. The molecule has 0 radical (unpaired) electrons. The van der Waals surface area contributed by atoms with E-state index in [2.05, 4.69) is 22.8 Å². The fourth-order valence-corrected chi connectivity index (χ4v) is 3.90. The first-order valence-electron chi connectivity index (χ1n) is 9.21. The van der Waals surface area contributed by atoms with Crippen LogP contribution in [0.4, 0.5) is 5.69 Å². The van der Waals surface area contributed by atoms with Gasteiger partial charge in [-0.15, -0.1) is 11.3 Å². The molecule has 0 aliphatic heterocycles.